The summed E-state index contributed by atoms with van der Waals surface area (Å²) in [6.45, 7) is 44.5. The highest BCUT2D eigenvalue weighted by Gasteiger charge is 2.62. The summed E-state index contributed by atoms with van der Waals surface area (Å²) in [5.41, 5.74) is 0.521. The molecule has 0 radical (unpaired) electrons. The van der Waals surface area contributed by atoms with E-state index in [0.717, 1.165) is 53.3 Å². The van der Waals surface area contributed by atoms with Gasteiger partial charge >= 0.3 is 0 Å². The van der Waals surface area contributed by atoms with Gasteiger partial charge in [0.1, 0.15) is 0 Å². The zero-order chi connectivity index (χ0) is 37.4. The average molecular weight is 689 g/mol. The van der Waals surface area contributed by atoms with E-state index < -0.39 is 0 Å². The fourth-order valence-electron chi connectivity index (χ4n) is 13.8. The minimum Gasteiger partial charge on any atom is -0.372 e. The third-order valence-corrected chi connectivity index (χ3v) is 13.9. The van der Waals surface area contributed by atoms with Gasteiger partial charge in [-0.05, 0) is 149 Å². The second-order valence-electron chi connectivity index (χ2n) is 21.2. The molecular weight excluding hydrogens is 601 g/mol. The van der Waals surface area contributed by atoms with Crippen molar-refractivity contribution in [3.63, 3.8) is 0 Å². The van der Waals surface area contributed by atoms with Crippen LogP contribution in [0.25, 0.3) is 0 Å². The van der Waals surface area contributed by atoms with Crippen LogP contribution >= 0.6 is 0 Å². The van der Waals surface area contributed by atoms with E-state index in [9.17, 15) is 0 Å². The van der Waals surface area contributed by atoms with Gasteiger partial charge in [0.15, 0.2) is 0 Å². The molecule has 4 bridgehead atoms. The maximum Gasteiger partial charge on any atom is 0.0725 e. The smallest absolute Gasteiger partial charge is 0.0725 e. The first kappa shape index (κ1) is 43.3. The van der Waals surface area contributed by atoms with Crippen molar-refractivity contribution in [2.45, 2.75) is 212 Å². The van der Waals surface area contributed by atoms with Crippen LogP contribution in [0, 0.1) is 82.9 Å². The van der Waals surface area contributed by atoms with Gasteiger partial charge in [-0.1, -0.05) is 110 Å². The third kappa shape index (κ3) is 9.34. The lowest BCUT2D eigenvalue weighted by Gasteiger charge is -2.43. The monoisotopic (exact) mass is 689 g/mol. The SMILES string of the molecule is CC(C)CC1(C)OC(C)C(C(C)C)C1C(C)C.CC(C)CC12CC(C)C(C(C)O1)C2C(C)C.CC(C)CC12CCCC(C(C)O1)C2C(C)C. The van der Waals surface area contributed by atoms with E-state index in [2.05, 4.69) is 132 Å². The largest absolute Gasteiger partial charge is 0.372 e. The van der Waals surface area contributed by atoms with E-state index in [4.69, 9.17) is 14.2 Å². The first-order valence-electron chi connectivity index (χ1n) is 21.6. The fourth-order valence-corrected chi connectivity index (χ4v) is 13.8. The van der Waals surface area contributed by atoms with Gasteiger partial charge in [0.2, 0.25) is 0 Å². The molecule has 49 heavy (non-hydrogen) atoms. The second kappa shape index (κ2) is 16.9. The van der Waals surface area contributed by atoms with Crippen molar-refractivity contribution >= 4 is 0 Å². The first-order chi connectivity index (χ1) is 22.5. The molecule has 3 saturated heterocycles. The Hall–Kier alpha value is -0.120. The normalized spacial score (nSPS) is 43.0. The predicted octanol–water partition coefficient (Wildman–Crippen LogP) is 13.1. The Morgan fingerprint density at radius 2 is 1.02 bits per heavy atom. The Morgan fingerprint density at radius 1 is 0.531 bits per heavy atom. The van der Waals surface area contributed by atoms with Crippen LogP contribution in [0.3, 0.4) is 0 Å². The highest BCUT2D eigenvalue weighted by atomic mass is 16.5. The van der Waals surface area contributed by atoms with Gasteiger partial charge in [0.05, 0.1) is 35.1 Å². The Morgan fingerprint density at radius 3 is 1.47 bits per heavy atom. The minimum atomic E-state index is 0.0800. The van der Waals surface area contributed by atoms with Gasteiger partial charge in [0, 0.05) is 0 Å². The van der Waals surface area contributed by atoms with Crippen molar-refractivity contribution < 1.29 is 14.2 Å². The predicted molar refractivity (Wildman–Crippen MR) is 212 cm³/mol. The molecule has 3 aliphatic heterocycles. The summed E-state index contributed by atoms with van der Waals surface area (Å²) >= 11 is 0. The lowest BCUT2D eigenvalue weighted by molar-refractivity contribution is -0.0967. The maximum absolute atomic E-state index is 6.46. The van der Waals surface area contributed by atoms with Crippen molar-refractivity contribution in [3.05, 3.63) is 0 Å². The van der Waals surface area contributed by atoms with E-state index in [1.807, 2.05) is 0 Å². The summed E-state index contributed by atoms with van der Waals surface area (Å²) in [4.78, 5) is 0. The van der Waals surface area contributed by atoms with E-state index in [1.54, 1.807) is 0 Å². The standard InChI is InChI=1S/C16H32O.2C15H28O/c1-10(2)9-16(8)15(12(5)6)14(11(3)4)13(7)17-16;1-9(2)7-15-8-11(5)13(12(6)16-15)14(15)10(3)4;1-10(2)9-15-8-6-7-13(12(5)16-15)14(15)11(3)4/h10-15H,9H2,1-8H3;9-14H,7-8H2,1-6H3;10-14H,6-9H2,1-5H3. The van der Waals surface area contributed by atoms with Gasteiger partial charge in [-0.3, -0.25) is 0 Å². The fraction of sp³-hybridized carbons (Fsp3) is 1.00. The highest BCUT2D eigenvalue weighted by molar-refractivity contribution is 5.10. The van der Waals surface area contributed by atoms with Crippen LogP contribution in [0.15, 0.2) is 0 Å². The van der Waals surface area contributed by atoms with Crippen LogP contribution in [0.1, 0.15) is 176 Å². The lowest BCUT2D eigenvalue weighted by atomic mass is 9.63. The molecule has 0 aromatic carbocycles. The molecule has 2 saturated carbocycles. The van der Waals surface area contributed by atoms with E-state index in [0.29, 0.717) is 47.9 Å². The molecule has 0 aromatic heterocycles. The van der Waals surface area contributed by atoms with Crippen LogP contribution in [-0.2, 0) is 14.2 Å². The molecule has 2 aliphatic carbocycles. The van der Waals surface area contributed by atoms with Gasteiger partial charge in [-0.15, -0.1) is 0 Å². The molecule has 0 N–H and O–H groups in total. The molecule has 5 aliphatic rings. The molecule has 0 aromatic rings. The van der Waals surface area contributed by atoms with E-state index in [-0.39, 0.29) is 16.8 Å². The molecule has 5 rings (SSSR count). The zero-order valence-electron chi connectivity index (χ0n) is 36.5. The summed E-state index contributed by atoms with van der Waals surface area (Å²) in [5.74, 6) is 10.6. The van der Waals surface area contributed by atoms with Crippen molar-refractivity contribution in [2.24, 2.45) is 82.9 Å². The zero-order valence-corrected chi connectivity index (χ0v) is 36.5. The molecule has 0 amide bonds. The van der Waals surface area contributed by atoms with Crippen LogP contribution < -0.4 is 0 Å². The molecule has 13 atom stereocenters. The summed E-state index contributed by atoms with van der Waals surface area (Å²) in [5, 5.41) is 0. The van der Waals surface area contributed by atoms with Crippen molar-refractivity contribution in [1.29, 1.82) is 0 Å². The molecule has 5 fully saturated rings. The average Bonchev–Trinajstić information content (AvgIpc) is 3.51. The van der Waals surface area contributed by atoms with Crippen LogP contribution in [0.2, 0.25) is 0 Å². The number of fused-ring (bicyclic) bond motifs is 4. The Kier molecular flexibility index (Phi) is 14.9. The molecule has 3 heteroatoms. The minimum absolute atomic E-state index is 0.0800. The van der Waals surface area contributed by atoms with Crippen LogP contribution in [0.5, 0.6) is 0 Å². The molecular formula is C46H88O3. The quantitative estimate of drug-likeness (QED) is 0.229. The third-order valence-electron chi connectivity index (χ3n) is 13.9. The molecule has 290 valence electrons. The van der Waals surface area contributed by atoms with Gasteiger partial charge in [-0.25, -0.2) is 0 Å². The van der Waals surface area contributed by atoms with Crippen LogP contribution in [-0.4, -0.2) is 35.1 Å². The van der Waals surface area contributed by atoms with Gasteiger partial charge < -0.3 is 14.2 Å². The van der Waals surface area contributed by atoms with Crippen molar-refractivity contribution in [3.8, 4) is 0 Å². The Bertz CT molecular complexity index is 962. The summed E-state index contributed by atoms with van der Waals surface area (Å²) < 4.78 is 19.3. The Labute approximate surface area is 307 Å². The van der Waals surface area contributed by atoms with Gasteiger partial charge in [0.25, 0.3) is 0 Å². The maximum atomic E-state index is 6.46. The molecule has 0 spiro atoms. The number of hydrogen-bond donors (Lipinski definition) is 0. The summed E-state index contributed by atoms with van der Waals surface area (Å²) in [6, 6.07) is 0. The van der Waals surface area contributed by atoms with Gasteiger partial charge in [-0.2, -0.15) is 0 Å². The molecule has 13 unspecified atom stereocenters. The van der Waals surface area contributed by atoms with Crippen LogP contribution in [0.4, 0.5) is 0 Å². The topological polar surface area (TPSA) is 27.7 Å². The first-order valence-corrected chi connectivity index (χ1v) is 21.6. The highest BCUT2D eigenvalue weighted by Crippen LogP contribution is 2.60. The lowest BCUT2D eigenvalue weighted by Crippen LogP contribution is -2.43. The second-order valence-corrected chi connectivity index (χ2v) is 21.2. The number of hydrogen-bond acceptors (Lipinski definition) is 3. The van der Waals surface area contributed by atoms with Crippen molar-refractivity contribution in [2.75, 3.05) is 0 Å². The van der Waals surface area contributed by atoms with Crippen molar-refractivity contribution in [1.82, 2.24) is 0 Å². The number of ether oxygens (including phenoxy) is 3. The number of rotatable bonds is 10. The summed E-state index contributed by atoms with van der Waals surface area (Å²) in [6.07, 6.45) is 10.4. The molecule has 3 nitrogen and oxygen atoms in total. The van der Waals surface area contributed by atoms with E-state index in [1.165, 1.54) is 44.9 Å². The summed E-state index contributed by atoms with van der Waals surface area (Å²) in [7, 11) is 0. The Balaban J connectivity index is 0.000000199. The molecule has 3 heterocycles. The van der Waals surface area contributed by atoms with E-state index >= 15 is 0 Å².